The van der Waals surface area contributed by atoms with E-state index in [4.69, 9.17) is 0 Å². The van der Waals surface area contributed by atoms with Gasteiger partial charge in [-0.05, 0) is 50.9 Å². The molecule has 5 nitrogen and oxygen atoms in total. The van der Waals surface area contributed by atoms with Crippen LogP contribution in [0.5, 0.6) is 0 Å². The van der Waals surface area contributed by atoms with Gasteiger partial charge in [-0.2, -0.15) is 0 Å². The average Bonchev–Trinajstić information content (AvgIpc) is 2.87. The maximum absolute atomic E-state index is 4.50. The Morgan fingerprint density at radius 3 is 2.31 bits per heavy atom. The fraction of sp³-hybridized carbons (Fsp3) is 0.545. The van der Waals surface area contributed by atoms with E-state index in [2.05, 4.69) is 63.6 Å². The van der Waals surface area contributed by atoms with E-state index in [1.165, 1.54) is 54.8 Å². The van der Waals surface area contributed by atoms with Gasteiger partial charge in [-0.15, -0.1) is 35.3 Å². The molecular formula is C22H34IN5S. The third-order valence-electron chi connectivity index (χ3n) is 5.30. The SMILES string of the molecule is CN=C(NCc1ccccc1CN1CCCCCC1)NCc1sc(C)nc1C.I. The van der Waals surface area contributed by atoms with Crippen LogP contribution >= 0.6 is 35.3 Å². The van der Waals surface area contributed by atoms with Crippen LogP contribution < -0.4 is 10.6 Å². The monoisotopic (exact) mass is 527 g/mol. The first-order valence-electron chi connectivity index (χ1n) is 10.3. The van der Waals surface area contributed by atoms with Crippen molar-refractivity contribution < 1.29 is 0 Å². The van der Waals surface area contributed by atoms with Gasteiger partial charge in [0.25, 0.3) is 0 Å². The van der Waals surface area contributed by atoms with E-state index in [-0.39, 0.29) is 24.0 Å². The van der Waals surface area contributed by atoms with Crippen LogP contribution in [0.25, 0.3) is 0 Å². The standard InChI is InChI=1S/C22H33N5S.HI/c1-17-21(28-18(2)26-17)15-25-22(23-3)24-14-19-10-6-7-11-20(19)16-27-12-8-4-5-9-13-27;/h6-7,10-11H,4-5,8-9,12-16H2,1-3H3,(H2,23,24,25);1H. The molecule has 2 aromatic rings. The lowest BCUT2D eigenvalue weighted by atomic mass is 10.1. The quantitative estimate of drug-likeness (QED) is 0.327. The van der Waals surface area contributed by atoms with E-state index in [1.807, 2.05) is 7.05 Å². The minimum Gasteiger partial charge on any atom is -0.352 e. The number of likely N-dealkylation sites (tertiary alicyclic amines) is 1. The number of aryl methyl sites for hydroxylation is 2. The number of aromatic nitrogens is 1. The number of hydrogen-bond donors (Lipinski definition) is 2. The van der Waals surface area contributed by atoms with Crippen molar-refractivity contribution in [2.24, 2.45) is 4.99 Å². The summed E-state index contributed by atoms with van der Waals surface area (Å²) in [4.78, 5) is 12.7. The summed E-state index contributed by atoms with van der Waals surface area (Å²) in [6.07, 6.45) is 5.40. The minimum absolute atomic E-state index is 0. The maximum Gasteiger partial charge on any atom is 0.191 e. The van der Waals surface area contributed by atoms with Gasteiger partial charge in [0.05, 0.1) is 17.2 Å². The summed E-state index contributed by atoms with van der Waals surface area (Å²) in [7, 11) is 1.82. The summed E-state index contributed by atoms with van der Waals surface area (Å²) in [6.45, 7) is 9.14. The van der Waals surface area contributed by atoms with Gasteiger partial charge < -0.3 is 10.6 Å². The number of halogens is 1. The summed E-state index contributed by atoms with van der Waals surface area (Å²) in [6, 6.07) is 8.77. The van der Waals surface area contributed by atoms with E-state index in [1.54, 1.807) is 11.3 Å². The lowest BCUT2D eigenvalue weighted by Crippen LogP contribution is -2.36. The fourth-order valence-electron chi connectivity index (χ4n) is 3.72. The van der Waals surface area contributed by atoms with Crippen molar-refractivity contribution in [3.63, 3.8) is 0 Å². The normalized spacial score (nSPS) is 15.5. The average molecular weight is 528 g/mol. The molecule has 0 aliphatic carbocycles. The van der Waals surface area contributed by atoms with Crippen LogP contribution in [0.15, 0.2) is 29.3 Å². The number of aliphatic imine (C=N–C) groups is 1. The predicted octanol–water partition coefficient (Wildman–Crippen LogP) is 4.62. The molecule has 0 bridgehead atoms. The van der Waals surface area contributed by atoms with Gasteiger partial charge in [0, 0.05) is 25.0 Å². The van der Waals surface area contributed by atoms with E-state index in [0.717, 1.165) is 36.3 Å². The van der Waals surface area contributed by atoms with Crippen LogP contribution in [0.2, 0.25) is 0 Å². The van der Waals surface area contributed by atoms with Crippen molar-refractivity contribution >= 4 is 41.3 Å². The number of guanidine groups is 1. The Labute approximate surface area is 196 Å². The summed E-state index contributed by atoms with van der Waals surface area (Å²) in [5.41, 5.74) is 3.87. The lowest BCUT2D eigenvalue weighted by molar-refractivity contribution is 0.276. The number of thiazole rings is 1. The number of benzene rings is 1. The van der Waals surface area contributed by atoms with Crippen LogP contribution in [0.4, 0.5) is 0 Å². The predicted molar refractivity (Wildman–Crippen MR) is 134 cm³/mol. The Bertz CT molecular complexity index is 781. The van der Waals surface area contributed by atoms with Crippen LogP contribution in [0, 0.1) is 13.8 Å². The second-order valence-corrected chi connectivity index (χ2v) is 8.77. The number of rotatable bonds is 6. The second kappa shape index (κ2) is 12.5. The van der Waals surface area contributed by atoms with Gasteiger partial charge in [0.1, 0.15) is 0 Å². The molecule has 0 atom stereocenters. The zero-order valence-corrected chi connectivity index (χ0v) is 21.0. The number of nitrogens with one attached hydrogen (secondary N) is 2. The van der Waals surface area contributed by atoms with Crippen LogP contribution in [-0.4, -0.2) is 36.0 Å². The Morgan fingerprint density at radius 1 is 1.03 bits per heavy atom. The van der Waals surface area contributed by atoms with E-state index < -0.39 is 0 Å². The molecule has 29 heavy (non-hydrogen) atoms. The molecular weight excluding hydrogens is 493 g/mol. The van der Waals surface area contributed by atoms with Crippen molar-refractivity contribution in [3.8, 4) is 0 Å². The second-order valence-electron chi connectivity index (χ2n) is 7.48. The molecule has 3 rings (SSSR count). The summed E-state index contributed by atoms with van der Waals surface area (Å²) in [5.74, 6) is 0.829. The first kappa shape index (κ1) is 24.1. The highest BCUT2D eigenvalue weighted by Crippen LogP contribution is 2.17. The number of hydrogen-bond acceptors (Lipinski definition) is 4. The van der Waals surface area contributed by atoms with Crippen molar-refractivity contribution in [2.45, 2.75) is 59.2 Å². The third-order valence-corrected chi connectivity index (χ3v) is 6.37. The first-order valence-corrected chi connectivity index (χ1v) is 11.1. The lowest BCUT2D eigenvalue weighted by Gasteiger charge is -2.22. The van der Waals surface area contributed by atoms with Gasteiger partial charge >= 0.3 is 0 Å². The largest absolute Gasteiger partial charge is 0.352 e. The Kier molecular flexibility index (Phi) is 10.4. The van der Waals surface area contributed by atoms with E-state index in [0.29, 0.717) is 0 Å². The van der Waals surface area contributed by atoms with Crippen molar-refractivity contribution in [1.82, 2.24) is 20.5 Å². The van der Waals surface area contributed by atoms with Crippen LogP contribution in [0.3, 0.4) is 0 Å². The zero-order valence-electron chi connectivity index (χ0n) is 17.8. The van der Waals surface area contributed by atoms with Crippen molar-refractivity contribution in [3.05, 3.63) is 51.0 Å². The topological polar surface area (TPSA) is 52.6 Å². The molecule has 1 aromatic carbocycles. The molecule has 7 heteroatoms. The van der Waals surface area contributed by atoms with Crippen LogP contribution in [-0.2, 0) is 19.6 Å². The van der Waals surface area contributed by atoms with E-state index >= 15 is 0 Å². The molecule has 1 aromatic heterocycles. The van der Waals surface area contributed by atoms with Gasteiger partial charge in [-0.3, -0.25) is 9.89 Å². The molecule has 1 aliphatic rings. The molecule has 160 valence electrons. The smallest absolute Gasteiger partial charge is 0.191 e. The molecule has 2 heterocycles. The van der Waals surface area contributed by atoms with Gasteiger partial charge in [0.15, 0.2) is 5.96 Å². The molecule has 1 fully saturated rings. The molecule has 2 N–H and O–H groups in total. The molecule has 0 spiro atoms. The summed E-state index contributed by atoms with van der Waals surface area (Å²) in [5, 5.41) is 8.01. The van der Waals surface area contributed by atoms with E-state index in [9.17, 15) is 0 Å². The number of nitrogens with zero attached hydrogens (tertiary/aromatic N) is 3. The summed E-state index contributed by atoms with van der Waals surface area (Å²) < 4.78 is 0. The van der Waals surface area contributed by atoms with Gasteiger partial charge in [-0.25, -0.2) is 4.98 Å². The van der Waals surface area contributed by atoms with Crippen molar-refractivity contribution in [1.29, 1.82) is 0 Å². The minimum atomic E-state index is 0. The Hall–Kier alpha value is -1.19. The highest BCUT2D eigenvalue weighted by molar-refractivity contribution is 14.0. The molecule has 1 saturated heterocycles. The Morgan fingerprint density at radius 2 is 1.69 bits per heavy atom. The van der Waals surface area contributed by atoms with Gasteiger partial charge in [0.2, 0.25) is 0 Å². The first-order chi connectivity index (χ1) is 13.7. The fourth-order valence-corrected chi connectivity index (χ4v) is 4.60. The van der Waals surface area contributed by atoms with Crippen molar-refractivity contribution in [2.75, 3.05) is 20.1 Å². The molecule has 0 saturated carbocycles. The maximum atomic E-state index is 4.50. The highest BCUT2D eigenvalue weighted by Gasteiger charge is 2.12. The van der Waals surface area contributed by atoms with Crippen LogP contribution in [0.1, 0.15) is 52.4 Å². The summed E-state index contributed by atoms with van der Waals surface area (Å²) >= 11 is 1.74. The molecule has 0 unspecified atom stereocenters. The highest BCUT2D eigenvalue weighted by atomic mass is 127. The third kappa shape index (κ3) is 7.53. The molecule has 1 aliphatic heterocycles. The van der Waals surface area contributed by atoms with Gasteiger partial charge in [-0.1, -0.05) is 37.1 Å². The Balaban J connectivity index is 0.00000300. The zero-order chi connectivity index (χ0) is 19.8. The molecule has 0 amide bonds. The molecule has 0 radical (unpaired) electrons.